The van der Waals surface area contributed by atoms with Gasteiger partial charge in [-0.3, -0.25) is 19.8 Å². The van der Waals surface area contributed by atoms with Crippen molar-refractivity contribution in [3.8, 4) is 0 Å². The number of ether oxygens (including phenoxy) is 1. The molecular weight excluding hydrogens is 326 g/mol. The van der Waals surface area contributed by atoms with Crippen LogP contribution in [0.25, 0.3) is 6.08 Å². The van der Waals surface area contributed by atoms with Gasteiger partial charge in [0.15, 0.2) is 5.11 Å². The summed E-state index contributed by atoms with van der Waals surface area (Å²) in [5.41, 5.74) is 0.931. The molecule has 0 aliphatic carbocycles. The van der Waals surface area contributed by atoms with Gasteiger partial charge < -0.3 is 10.1 Å². The van der Waals surface area contributed by atoms with E-state index in [1.807, 2.05) is 6.92 Å². The minimum Gasteiger partial charge on any atom is -0.382 e. The zero-order chi connectivity index (χ0) is 16.1. The quantitative estimate of drug-likeness (QED) is 0.269. The van der Waals surface area contributed by atoms with Crippen LogP contribution in [0.15, 0.2) is 17.1 Å². The van der Waals surface area contributed by atoms with Crippen molar-refractivity contribution in [2.24, 2.45) is 0 Å². The van der Waals surface area contributed by atoms with Gasteiger partial charge in [-0.05, 0) is 37.2 Å². The zero-order valence-electron chi connectivity index (χ0n) is 11.9. The number of hydrogen-bond donors (Lipinski definition) is 1. The van der Waals surface area contributed by atoms with Crippen LogP contribution in [-0.2, 0) is 9.53 Å². The van der Waals surface area contributed by atoms with Gasteiger partial charge in [0.05, 0.1) is 4.92 Å². The summed E-state index contributed by atoms with van der Waals surface area (Å²) in [6.07, 6.45) is 2.26. The van der Waals surface area contributed by atoms with E-state index in [-0.39, 0.29) is 10.9 Å². The highest BCUT2D eigenvalue weighted by molar-refractivity contribution is 7.80. The number of thiophene rings is 1. The lowest BCUT2D eigenvalue weighted by molar-refractivity contribution is -0.380. The fourth-order valence-electron chi connectivity index (χ4n) is 1.92. The number of amides is 1. The van der Waals surface area contributed by atoms with E-state index in [1.54, 1.807) is 11.5 Å². The minimum atomic E-state index is -0.457. The number of nitro groups is 1. The van der Waals surface area contributed by atoms with E-state index in [0.717, 1.165) is 11.3 Å². The molecule has 0 aromatic carbocycles. The molecule has 0 saturated carbocycles. The normalized spacial score (nSPS) is 16.4. The summed E-state index contributed by atoms with van der Waals surface area (Å²) < 4.78 is 5.23. The molecule has 118 valence electrons. The Morgan fingerprint density at radius 2 is 2.36 bits per heavy atom. The Bertz CT molecular complexity index is 627. The highest BCUT2D eigenvalue weighted by Crippen LogP contribution is 2.25. The Labute approximate surface area is 136 Å². The standard InChI is InChI=1S/C13H15N3O4S2/c1-2-20-5-3-4-15-12(17)10(14-13(15)21)6-9-7-11(16(18)19)22-8-9/h6-8H,2-5H2,1H3,(H,14,21)/b10-6-. The van der Waals surface area contributed by atoms with E-state index in [2.05, 4.69) is 5.32 Å². The predicted molar refractivity (Wildman–Crippen MR) is 87.5 cm³/mol. The number of hydrogen-bond acceptors (Lipinski definition) is 6. The number of carbonyl (C=O) groups excluding carboxylic acids is 1. The van der Waals surface area contributed by atoms with Crippen molar-refractivity contribution in [3.05, 3.63) is 32.8 Å². The van der Waals surface area contributed by atoms with Crippen molar-refractivity contribution in [1.82, 2.24) is 10.2 Å². The molecule has 2 heterocycles. The average Bonchev–Trinajstić information content (AvgIpc) is 3.03. The van der Waals surface area contributed by atoms with Crippen LogP contribution in [0.3, 0.4) is 0 Å². The van der Waals surface area contributed by atoms with Crippen LogP contribution >= 0.6 is 23.6 Å². The zero-order valence-corrected chi connectivity index (χ0v) is 13.5. The first-order valence-electron chi connectivity index (χ1n) is 6.68. The third-order valence-electron chi connectivity index (χ3n) is 2.93. The van der Waals surface area contributed by atoms with E-state index < -0.39 is 4.92 Å². The molecular formula is C13H15N3O4S2. The molecule has 0 atom stereocenters. The molecule has 0 bridgehead atoms. The van der Waals surface area contributed by atoms with Gasteiger partial charge >= 0.3 is 5.00 Å². The maximum atomic E-state index is 12.3. The van der Waals surface area contributed by atoms with E-state index >= 15 is 0 Å². The Morgan fingerprint density at radius 1 is 1.59 bits per heavy atom. The van der Waals surface area contributed by atoms with E-state index in [4.69, 9.17) is 17.0 Å². The van der Waals surface area contributed by atoms with Crippen molar-refractivity contribution in [1.29, 1.82) is 0 Å². The predicted octanol–water partition coefficient (Wildman–Crippen LogP) is 2.14. The van der Waals surface area contributed by atoms with Gasteiger partial charge in [-0.1, -0.05) is 11.3 Å². The first-order valence-corrected chi connectivity index (χ1v) is 7.97. The van der Waals surface area contributed by atoms with Gasteiger partial charge in [-0.15, -0.1) is 0 Å². The maximum Gasteiger partial charge on any atom is 0.324 e. The molecule has 1 N–H and O–H groups in total. The summed E-state index contributed by atoms with van der Waals surface area (Å²) in [5.74, 6) is -0.227. The minimum absolute atomic E-state index is 0.0356. The molecule has 1 aromatic heterocycles. The van der Waals surface area contributed by atoms with Crippen LogP contribution in [-0.4, -0.2) is 40.6 Å². The molecule has 0 radical (unpaired) electrons. The largest absolute Gasteiger partial charge is 0.382 e. The van der Waals surface area contributed by atoms with Gasteiger partial charge in [0.2, 0.25) is 0 Å². The lowest BCUT2D eigenvalue weighted by Crippen LogP contribution is -2.32. The number of nitrogens with one attached hydrogen (secondary N) is 1. The Morgan fingerprint density at radius 3 is 3.00 bits per heavy atom. The van der Waals surface area contributed by atoms with Gasteiger partial charge in [-0.2, -0.15) is 0 Å². The summed E-state index contributed by atoms with van der Waals surface area (Å²) >= 11 is 6.16. The summed E-state index contributed by atoms with van der Waals surface area (Å²) in [4.78, 5) is 23.9. The molecule has 1 aliphatic heterocycles. The third kappa shape index (κ3) is 3.87. The molecule has 2 rings (SSSR count). The fourth-order valence-corrected chi connectivity index (χ4v) is 2.89. The molecule has 22 heavy (non-hydrogen) atoms. The topological polar surface area (TPSA) is 84.7 Å². The molecule has 1 fully saturated rings. The summed E-state index contributed by atoms with van der Waals surface area (Å²) in [6, 6.07) is 1.42. The fraction of sp³-hybridized carbons (Fsp3) is 0.385. The van der Waals surface area contributed by atoms with Crippen LogP contribution < -0.4 is 5.32 Å². The van der Waals surface area contributed by atoms with Crippen molar-refractivity contribution < 1.29 is 14.5 Å². The van der Waals surface area contributed by atoms with E-state index in [9.17, 15) is 14.9 Å². The second-order valence-corrected chi connectivity index (χ2v) is 5.75. The van der Waals surface area contributed by atoms with Gasteiger partial charge in [0.25, 0.3) is 5.91 Å². The molecule has 1 amide bonds. The first kappa shape index (κ1) is 16.5. The van der Waals surface area contributed by atoms with E-state index in [1.165, 1.54) is 11.0 Å². The second-order valence-electron chi connectivity index (χ2n) is 4.47. The van der Waals surface area contributed by atoms with Gasteiger partial charge in [0, 0.05) is 31.2 Å². The number of rotatable bonds is 7. The number of carbonyl (C=O) groups is 1. The van der Waals surface area contributed by atoms with Crippen LogP contribution in [0, 0.1) is 10.1 Å². The number of thiocarbonyl (C=S) groups is 1. The Kier molecular flexibility index (Phi) is 5.58. The molecule has 0 unspecified atom stereocenters. The summed E-state index contributed by atoms with van der Waals surface area (Å²) in [6.45, 7) is 3.59. The second kappa shape index (κ2) is 7.43. The van der Waals surface area contributed by atoms with Crippen molar-refractivity contribution >= 4 is 45.7 Å². The highest BCUT2D eigenvalue weighted by atomic mass is 32.1. The molecule has 9 heteroatoms. The highest BCUT2D eigenvalue weighted by Gasteiger charge is 2.30. The third-order valence-corrected chi connectivity index (χ3v) is 4.15. The van der Waals surface area contributed by atoms with Crippen LogP contribution in [0.4, 0.5) is 5.00 Å². The Hall–Kier alpha value is -1.84. The Balaban J connectivity index is 2.03. The number of nitrogens with zero attached hydrogens (tertiary/aromatic N) is 2. The van der Waals surface area contributed by atoms with Crippen molar-refractivity contribution in [2.45, 2.75) is 13.3 Å². The van der Waals surface area contributed by atoms with Crippen molar-refractivity contribution in [3.63, 3.8) is 0 Å². The van der Waals surface area contributed by atoms with Crippen LogP contribution in [0.2, 0.25) is 0 Å². The lowest BCUT2D eigenvalue weighted by Gasteiger charge is -2.13. The van der Waals surface area contributed by atoms with Crippen molar-refractivity contribution in [2.75, 3.05) is 19.8 Å². The van der Waals surface area contributed by atoms with Gasteiger partial charge in [0.1, 0.15) is 5.70 Å². The van der Waals surface area contributed by atoms with Crippen LogP contribution in [0.5, 0.6) is 0 Å². The smallest absolute Gasteiger partial charge is 0.324 e. The summed E-state index contributed by atoms with van der Waals surface area (Å²) in [7, 11) is 0. The average molecular weight is 341 g/mol. The molecule has 1 saturated heterocycles. The maximum absolute atomic E-state index is 12.3. The van der Waals surface area contributed by atoms with E-state index in [0.29, 0.717) is 42.6 Å². The first-order chi connectivity index (χ1) is 10.5. The lowest BCUT2D eigenvalue weighted by atomic mass is 10.2. The molecule has 7 nitrogen and oxygen atoms in total. The van der Waals surface area contributed by atoms with Gasteiger partial charge in [-0.25, -0.2) is 0 Å². The monoisotopic (exact) mass is 341 g/mol. The molecule has 1 aromatic rings. The molecule has 0 spiro atoms. The summed E-state index contributed by atoms with van der Waals surface area (Å²) in [5, 5.41) is 15.5. The molecule has 1 aliphatic rings. The SMILES string of the molecule is CCOCCCN1C(=O)/C(=C/c2csc([N+](=O)[O-])c2)NC1=S. The van der Waals surface area contributed by atoms with Crippen LogP contribution in [0.1, 0.15) is 18.9 Å².